The predicted octanol–water partition coefficient (Wildman–Crippen LogP) is 3.71. The molecule has 0 radical (unpaired) electrons. The molecule has 1 aliphatic rings. The standard InChI is InChI=1S/C17H16FN3O2/c1-21(2)20-19-14-9-5-11(6-10-14)15(22)17-16(23-17)12-3-7-13(18)8-4-12/h3-10,16-17H,1-2H3. The van der Waals surface area contributed by atoms with Crippen molar-refractivity contribution < 1.29 is 13.9 Å². The van der Waals surface area contributed by atoms with E-state index in [1.54, 1.807) is 55.5 Å². The van der Waals surface area contributed by atoms with Gasteiger partial charge in [0.25, 0.3) is 0 Å². The van der Waals surface area contributed by atoms with E-state index in [0.29, 0.717) is 11.3 Å². The molecule has 0 spiro atoms. The van der Waals surface area contributed by atoms with Crippen LogP contribution >= 0.6 is 0 Å². The molecule has 2 atom stereocenters. The number of carbonyl (C=O) groups excluding carboxylic acids is 1. The zero-order chi connectivity index (χ0) is 16.4. The third-order valence-electron chi connectivity index (χ3n) is 3.44. The van der Waals surface area contributed by atoms with Crippen LogP contribution in [0.15, 0.2) is 58.9 Å². The molecule has 1 heterocycles. The number of ether oxygens (including phenoxy) is 1. The van der Waals surface area contributed by atoms with Crippen molar-refractivity contribution in [1.29, 1.82) is 0 Å². The lowest BCUT2D eigenvalue weighted by molar-refractivity contribution is 0.0953. The quantitative estimate of drug-likeness (QED) is 0.366. The first-order chi connectivity index (χ1) is 11.0. The Kier molecular flexibility index (Phi) is 4.16. The molecule has 23 heavy (non-hydrogen) atoms. The van der Waals surface area contributed by atoms with E-state index in [9.17, 15) is 9.18 Å². The van der Waals surface area contributed by atoms with Crippen molar-refractivity contribution >= 4 is 11.5 Å². The first-order valence-corrected chi connectivity index (χ1v) is 7.19. The van der Waals surface area contributed by atoms with Crippen molar-refractivity contribution in [3.63, 3.8) is 0 Å². The lowest BCUT2D eigenvalue weighted by Crippen LogP contribution is -2.07. The van der Waals surface area contributed by atoms with Gasteiger partial charge in [0.2, 0.25) is 0 Å². The third-order valence-corrected chi connectivity index (χ3v) is 3.44. The number of epoxide rings is 1. The smallest absolute Gasteiger partial charge is 0.194 e. The number of rotatable bonds is 5. The summed E-state index contributed by atoms with van der Waals surface area (Å²) in [5, 5.41) is 9.49. The average Bonchev–Trinajstić information content (AvgIpc) is 3.34. The van der Waals surface area contributed by atoms with Crippen LogP contribution in [-0.2, 0) is 4.74 Å². The van der Waals surface area contributed by atoms with Crippen LogP contribution in [0, 0.1) is 5.82 Å². The van der Waals surface area contributed by atoms with Crippen LogP contribution in [0.4, 0.5) is 10.1 Å². The summed E-state index contributed by atoms with van der Waals surface area (Å²) >= 11 is 0. The normalized spacial score (nSPS) is 19.8. The number of carbonyl (C=O) groups is 1. The summed E-state index contributed by atoms with van der Waals surface area (Å²) < 4.78 is 18.4. The molecule has 0 amide bonds. The highest BCUT2D eigenvalue weighted by Crippen LogP contribution is 2.40. The Hall–Kier alpha value is -2.60. The van der Waals surface area contributed by atoms with Gasteiger partial charge in [-0.2, -0.15) is 0 Å². The van der Waals surface area contributed by atoms with Gasteiger partial charge in [0, 0.05) is 19.7 Å². The van der Waals surface area contributed by atoms with Gasteiger partial charge < -0.3 is 4.74 Å². The third kappa shape index (κ3) is 3.60. The Bertz CT molecular complexity index is 727. The summed E-state index contributed by atoms with van der Waals surface area (Å²) in [5.41, 5.74) is 2.03. The number of Topliss-reactive ketones (excluding diaryl/α,β-unsaturated/α-hetero) is 1. The number of ketones is 1. The van der Waals surface area contributed by atoms with Gasteiger partial charge in [0.1, 0.15) is 11.9 Å². The molecule has 118 valence electrons. The summed E-state index contributed by atoms with van der Waals surface area (Å²) in [6, 6.07) is 12.9. The van der Waals surface area contributed by atoms with Crippen molar-refractivity contribution in [2.24, 2.45) is 10.3 Å². The van der Waals surface area contributed by atoms with Crippen molar-refractivity contribution in [3.8, 4) is 0 Å². The van der Waals surface area contributed by atoms with Crippen molar-refractivity contribution in [2.45, 2.75) is 12.2 Å². The fraction of sp³-hybridized carbons (Fsp3) is 0.235. The molecule has 5 nitrogen and oxygen atoms in total. The van der Waals surface area contributed by atoms with Crippen LogP contribution in [0.3, 0.4) is 0 Å². The van der Waals surface area contributed by atoms with Crippen molar-refractivity contribution in [3.05, 3.63) is 65.5 Å². The van der Waals surface area contributed by atoms with Crippen LogP contribution < -0.4 is 0 Å². The maximum atomic E-state index is 12.9. The number of hydrogen-bond acceptors (Lipinski definition) is 4. The van der Waals surface area contributed by atoms with E-state index in [2.05, 4.69) is 10.3 Å². The first kappa shape index (κ1) is 15.3. The summed E-state index contributed by atoms with van der Waals surface area (Å²) in [7, 11) is 3.56. The topological polar surface area (TPSA) is 57.6 Å². The fourth-order valence-corrected chi connectivity index (χ4v) is 2.22. The minimum absolute atomic E-state index is 0.0876. The molecule has 0 saturated carbocycles. The number of nitrogens with zero attached hydrogens (tertiary/aromatic N) is 3. The van der Waals surface area contributed by atoms with E-state index >= 15 is 0 Å². The Morgan fingerprint density at radius 2 is 1.74 bits per heavy atom. The van der Waals surface area contributed by atoms with Crippen LogP contribution in [0.1, 0.15) is 22.0 Å². The highest BCUT2D eigenvalue weighted by Gasteiger charge is 2.46. The number of halogens is 1. The summed E-state index contributed by atoms with van der Waals surface area (Å²) in [4.78, 5) is 12.4. The molecule has 1 fully saturated rings. The molecule has 3 rings (SSSR count). The summed E-state index contributed by atoms with van der Waals surface area (Å²) in [6.45, 7) is 0. The highest BCUT2D eigenvalue weighted by molar-refractivity contribution is 6.01. The van der Waals surface area contributed by atoms with Crippen LogP contribution in [0.5, 0.6) is 0 Å². The van der Waals surface area contributed by atoms with E-state index < -0.39 is 6.10 Å². The molecule has 6 heteroatoms. The monoisotopic (exact) mass is 313 g/mol. The lowest BCUT2D eigenvalue weighted by atomic mass is 10.0. The van der Waals surface area contributed by atoms with Gasteiger partial charge in [-0.25, -0.2) is 4.39 Å². The fourth-order valence-electron chi connectivity index (χ4n) is 2.22. The summed E-state index contributed by atoms with van der Waals surface area (Å²) in [5.74, 6) is -0.393. The molecule has 2 unspecified atom stereocenters. The molecule has 0 aliphatic carbocycles. The minimum Gasteiger partial charge on any atom is -0.356 e. The van der Waals surface area contributed by atoms with Gasteiger partial charge in [0.05, 0.1) is 5.69 Å². The number of benzene rings is 2. The molecule has 0 bridgehead atoms. The van der Waals surface area contributed by atoms with Gasteiger partial charge in [-0.05, 0) is 42.0 Å². The SMILES string of the molecule is CN(C)N=Nc1ccc(C(=O)C2OC2c2ccc(F)cc2)cc1. The molecule has 0 N–H and O–H groups in total. The van der Waals surface area contributed by atoms with E-state index in [-0.39, 0.29) is 17.7 Å². The second-order valence-corrected chi connectivity index (χ2v) is 5.48. The van der Waals surface area contributed by atoms with Crippen LogP contribution in [0.25, 0.3) is 0 Å². The van der Waals surface area contributed by atoms with E-state index in [1.165, 1.54) is 12.1 Å². The molecule has 2 aromatic rings. The van der Waals surface area contributed by atoms with Gasteiger partial charge in [-0.3, -0.25) is 9.80 Å². The average molecular weight is 313 g/mol. The second kappa shape index (κ2) is 6.26. The lowest BCUT2D eigenvalue weighted by Gasteiger charge is -2.01. The Morgan fingerprint density at radius 1 is 1.09 bits per heavy atom. The molecule has 1 saturated heterocycles. The highest BCUT2D eigenvalue weighted by atomic mass is 19.1. The van der Waals surface area contributed by atoms with Crippen molar-refractivity contribution in [1.82, 2.24) is 5.01 Å². The zero-order valence-electron chi connectivity index (χ0n) is 12.8. The summed E-state index contributed by atoms with van der Waals surface area (Å²) in [6.07, 6.45) is -0.800. The zero-order valence-corrected chi connectivity index (χ0v) is 12.8. The van der Waals surface area contributed by atoms with Gasteiger partial charge in [-0.15, -0.1) is 5.11 Å². The maximum absolute atomic E-state index is 12.9. The van der Waals surface area contributed by atoms with Gasteiger partial charge in [-0.1, -0.05) is 17.4 Å². The van der Waals surface area contributed by atoms with E-state index in [4.69, 9.17) is 4.74 Å². The van der Waals surface area contributed by atoms with Crippen LogP contribution in [-0.4, -0.2) is 31.0 Å². The minimum atomic E-state index is -0.505. The predicted molar refractivity (Wildman–Crippen MR) is 83.0 cm³/mol. The molecule has 2 aromatic carbocycles. The second-order valence-electron chi connectivity index (χ2n) is 5.48. The Labute approximate surface area is 133 Å². The molecular formula is C17H16FN3O2. The molecule has 0 aromatic heterocycles. The molecule has 1 aliphatic heterocycles. The maximum Gasteiger partial charge on any atom is 0.194 e. The first-order valence-electron chi connectivity index (χ1n) is 7.19. The van der Waals surface area contributed by atoms with Crippen molar-refractivity contribution in [2.75, 3.05) is 14.1 Å². The van der Waals surface area contributed by atoms with Gasteiger partial charge >= 0.3 is 0 Å². The Balaban J connectivity index is 1.66. The van der Waals surface area contributed by atoms with E-state index in [0.717, 1.165) is 5.56 Å². The van der Waals surface area contributed by atoms with E-state index in [1.807, 2.05) is 0 Å². The Morgan fingerprint density at radius 3 is 2.35 bits per heavy atom. The van der Waals surface area contributed by atoms with Gasteiger partial charge in [0.15, 0.2) is 11.9 Å². The number of hydrogen-bond donors (Lipinski definition) is 0. The molecular weight excluding hydrogens is 297 g/mol. The largest absolute Gasteiger partial charge is 0.356 e. The van der Waals surface area contributed by atoms with Crippen LogP contribution in [0.2, 0.25) is 0 Å².